The quantitative estimate of drug-likeness (QED) is 0.678. The summed E-state index contributed by atoms with van der Waals surface area (Å²) in [5.74, 6) is 0.985. The predicted molar refractivity (Wildman–Crippen MR) is 112 cm³/mol. The Bertz CT molecular complexity index is 1170. The van der Waals surface area contributed by atoms with Crippen LogP contribution in [0, 0.1) is 6.92 Å². The van der Waals surface area contributed by atoms with Crippen molar-refractivity contribution in [3.8, 4) is 11.5 Å². The van der Waals surface area contributed by atoms with E-state index in [9.17, 15) is 14.4 Å². The normalized spacial score (nSPS) is 10.9. The maximum Gasteiger partial charge on any atom is 0.330 e. The topological polar surface area (TPSA) is 82.3 Å². The fourth-order valence-electron chi connectivity index (χ4n) is 2.65. The average molecular weight is 391 g/mol. The molecule has 0 saturated carbocycles. The standard InChI is InChI=1S/C22H21N3O4/c1-15-4-9-18(10-5-15)29-19-11-7-17(8-12-19)23-20(26)13-6-16-14-24(2)22(28)25(3)21(16)27/h4-14H,1-3H3,(H,23,26). The third-order valence-corrected chi connectivity index (χ3v) is 4.27. The van der Waals surface area contributed by atoms with Crippen molar-refractivity contribution < 1.29 is 9.53 Å². The first-order chi connectivity index (χ1) is 13.8. The Labute approximate surface area is 167 Å². The summed E-state index contributed by atoms with van der Waals surface area (Å²) in [5, 5.41) is 2.71. The van der Waals surface area contributed by atoms with Crippen LogP contribution in [0.2, 0.25) is 0 Å². The number of nitrogens with one attached hydrogen (secondary N) is 1. The zero-order chi connectivity index (χ0) is 21.0. The molecule has 0 radical (unpaired) electrons. The van der Waals surface area contributed by atoms with Crippen molar-refractivity contribution >= 4 is 17.7 Å². The molecule has 0 unspecified atom stereocenters. The van der Waals surface area contributed by atoms with Crippen LogP contribution < -0.4 is 21.3 Å². The number of hydrogen-bond donors (Lipinski definition) is 1. The fraction of sp³-hybridized carbons (Fsp3) is 0.136. The first-order valence-corrected chi connectivity index (χ1v) is 8.94. The van der Waals surface area contributed by atoms with E-state index in [0.717, 1.165) is 15.9 Å². The molecule has 1 heterocycles. The van der Waals surface area contributed by atoms with Gasteiger partial charge in [0, 0.05) is 32.1 Å². The maximum atomic E-state index is 12.1. The summed E-state index contributed by atoms with van der Waals surface area (Å²) in [5.41, 5.74) is 1.09. The van der Waals surface area contributed by atoms with Crippen molar-refractivity contribution in [3.05, 3.63) is 92.8 Å². The van der Waals surface area contributed by atoms with E-state index >= 15 is 0 Å². The summed E-state index contributed by atoms with van der Waals surface area (Å²) in [7, 11) is 2.93. The van der Waals surface area contributed by atoms with Gasteiger partial charge in [0.05, 0.1) is 5.56 Å². The summed E-state index contributed by atoms with van der Waals surface area (Å²) >= 11 is 0. The molecule has 2 aromatic carbocycles. The van der Waals surface area contributed by atoms with E-state index < -0.39 is 17.2 Å². The van der Waals surface area contributed by atoms with Crippen LogP contribution in [0.1, 0.15) is 11.1 Å². The minimum absolute atomic E-state index is 0.242. The number of benzene rings is 2. The highest BCUT2D eigenvalue weighted by atomic mass is 16.5. The zero-order valence-electron chi connectivity index (χ0n) is 16.4. The largest absolute Gasteiger partial charge is 0.457 e. The van der Waals surface area contributed by atoms with Gasteiger partial charge in [-0.25, -0.2) is 4.79 Å². The molecule has 0 spiro atoms. The number of carbonyl (C=O) groups is 1. The average Bonchev–Trinajstić information content (AvgIpc) is 2.71. The number of hydrogen-bond acceptors (Lipinski definition) is 4. The summed E-state index contributed by atoms with van der Waals surface area (Å²) in [4.78, 5) is 35.9. The van der Waals surface area contributed by atoms with E-state index in [-0.39, 0.29) is 5.56 Å². The molecule has 0 atom stereocenters. The van der Waals surface area contributed by atoms with Crippen molar-refractivity contribution in [3.63, 3.8) is 0 Å². The molecule has 7 nitrogen and oxygen atoms in total. The van der Waals surface area contributed by atoms with Gasteiger partial charge in [-0.3, -0.25) is 14.2 Å². The van der Waals surface area contributed by atoms with E-state index in [1.54, 1.807) is 31.3 Å². The molecule has 0 saturated heterocycles. The molecule has 1 N–H and O–H groups in total. The lowest BCUT2D eigenvalue weighted by Crippen LogP contribution is -2.37. The van der Waals surface area contributed by atoms with E-state index in [4.69, 9.17) is 4.74 Å². The third-order valence-electron chi connectivity index (χ3n) is 4.27. The summed E-state index contributed by atoms with van der Waals surface area (Å²) < 4.78 is 8.03. The Balaban J connectivity index is 1.65. The lowest BCUT2D eigenvalue weighted by atomic mass is 10.2. The van der Waals surface area contributed by atoms with Gasteiger partial charge in [-0.2, -0.15) is 0 Å². The number of anilines is 1. The molecule has 0 aliphatic carbocycles. The van der Waals surface area contributed by atoms with E-state index in [1.165, 1.54) is 30.0 Å². The minimum atomic E-state index is -0.463. The number of rotatable bonds is 5. The first kappa shape index (κ1) is 19.9. The number of nitrogens with zero attached hydrogens (tertiary/aromatic N) is 2. The van der Waals surface area contributed by atoms with Gasteiger partial charge in [-0.05, 0) is 49.4 Å². The zero-order valence-corrected chi connectivity index (χ0v) is 16.4. The van der Waals surface area contributed by atoms with Crippen molar-refractivity contribution in [2.45, 2.75) is 6.92 Å². The highest BCUT2D eigenvalue weighted by molar-refractivity contribution is 6.01. The fourth-order valence-corrected chi connectivity index (χ4v) is 2.65. The summed E-state index contributed by atoms with van der Waals surface area (Å²) in [6.07, 6.45) is 4.02. The van der Waals surface area contributed by atoms with Gasteiger partial charge in [-0.1, -0.05) is 17.7 Å². The molecule has 3 rings (SSSR count). The predicted octanol–water partition coefficient (Wildman–Crippen LogP) is 2.84. The number of amides is 1. The second-order valence-electron chi connectivity index (χ2n) is 6.60. The minimum Gasteiger partial charge on any atom is -0.457 e. The van der Waals surface area contributed by atoms with Crippen molar-refractivity contribution in [2.24, 2.45) is 14.1 Å². The number of aromatic nitrogens is 2. The van der Waals surface area contributed by atoms with Crippen LogP contribution in [0.15, 0.2) is 70.4 Å². The molecule has 148 valence electrons. The van der Waals surface area contributed by atoms with Gasteiger partial charge in [0.2, 0.25) is 5.91 Å². The van der Waals surface area contributed by atoms with Gasteiger partial charge in [-0.15, -0.1) is 0 Å². The molecule has 0 aliphatic heterocycles. The second kappa shape index (κ2) is 8.43. The highest BCUT2D eigenvalue weighted by Crippen LogP contribution is 2.23. The number of carbonyl (C=O) groups excluding carboxylic acids is 1. The highest BCUT2D eigenvalue weighted by Gasteiger charge is 2.05. The van der Waals surface area contributed by atoms with Crippen LogP contribution in [0.4, 0.5) is 5.69 Å². The molecule has 3 aromatic rings. The van der Waals surface area contributed by atoms with E-state index in [2.05, 4.69) is 5.32 Å². The Hall–Kier alpha value is -3.87. The molecule has 0 bridgehead atoms. The molecule has 29 heavy (non-hydrogen) atoms. The van der Waals surface area contributed by atoms with Gasteiger partial charge in [0.25, 0.3) is 5.56 Å². The van der Waals surface area contributed by atoms with Gasteiger partial charge in [0.1, 0.15) is 11.5 Å². The first-order valence-electron chi connectivity index (χ1n) is 8.94. The SMILES string of the molecule is Cc1ccc(Oc2ccc(NC(=O)C=Cc3cn(C)c(=O)n(C)c3=O)cc2)cc1. The van der Waals surface area contributed by atoms with E-state index in [1.807, 2.05) is 31.2 Å². The molecule has 0 fully saturated rings. The molecular formula is C22H21N3O4. The Kier molecular flexibility index (Phi) is 5.78. The van der Waals surface area contributed by atoms with Gasteiger partial charge >= 0.3 is 5.69 Å². The Morgan fingerprint density at radius 1 is 0.966 bits per heavy atom. The smallest absolute Gasteiger partial charge is 0.330 e. The lowest BCUT2D eigenvalue weighted by molar-refractivity contribution is -0.111. The van der Waals surface area contributed by atoms with Crippen LogP contribution in [-0.4, -0.2) is 15.0 Å². The second-order valence-corrected chi connectivity index (χ2v) is 6.60. The number of aryl methyl sites for hydroxylation is 2. The molecule has 0 aliphatic rings. The molecule has 7 heteroatoms. The monoisotopic (exact) mass is 391 g/mol. The Morgan fingerprint density at radius 3 is 2.17 bits per heavy atom. The lowest BCUT2D eigenvalue weighted by Gasteiger charge is -2.07. The molecule has 1 amide bonds. The number of ether oxygens (including phenoxy) is 1. The van der Waals surface area contributed by atoms with Crippen molar-refractivity contribution in [1.82, 2.24) is 9.13 Å². The molecule has 1 aromatic heterocycles. The Morgan fingerprint density at radius 2 is 1.55 bits per heavy atom. The van der Waals surface area contributed by atoms with Crippen molar-refractivity contribution in [1.29, 1.82) is 0 Å². The van der Waals surface area contributed by atoms with Crippen LogP contribution in [0.5, 0.6) is 11.5 Å². The van der Waals surface area contributed by atoms with Crippen LogP contribution in [-0.2, 0) is 18.9 Å². The summed E-state index contributed by atoms with van der Waals surface area (Å²) in [6.45, 7) is 2.01. The molecular weight excluding hydrogens is 370 g/mol. The van der Waals surface area contributed by atoms with Crippen LogP contribution in [0.3, 0.4) is 0 Å². The van der Waals surface area contributed by atoms with Crippen LogP contribution in [0.25, 0.3) is 6.08 Å². The van der Waals surface area contributed by atoms with Gasteiger partial charge in [0.15, 0.2) is 0 Å². The third kappa shape index (κ3) is 4.90. The van der Waals surface area contributed by atoms with E-state index in [0.29, 0.717) is 11.4 Å². The van der Waals surface area contributed by atoms with Crippen LogP contribution >= 0.6 is 0 Å². The van der Waals surface area contributed by atoms with Crippen molar-refractivity contribution in [2.75, 3.05) is 5.32 Å². The van der Waals surface area contributed by atoms with Gasteiger partial charge < -0.3 is 14.6 Å². The maximum absolute atomic E-state index is 12.1. The summed E-state index contributed by atoms with van der Waals surface area (Å²) in [6, 6.07) is 14.7.